The lowest BCUT2D eigenvalue weighted by atomic mass is 9.85. The van der Waals surface area contributed by atoms with Crippen LogP contribution in [0.4, 0.5) is 0 Å². The Morgan fingerprint density at radius 2 is 0.823 bits per heavy atom. The van der Waals surface area contributed by atoms with Gasteiger partial charge in [-0.05, 0) is 38.5 Å². The van der Waals surface area contributed by atoms with E-state index in [1.165, 1.54) is 141 Å². The number of unbranched alkanes of at least 4 members (excludes halogenated alkanes) is 28. The standard InChI is InChI=1S/C48H91O13P/c1-3-5-7-9-11-13-15-17-19-20-21-23-24-26-28-30-32-34-36-41(49)58-38-40(39-59-62(56,57)61-48-46(54)44(52)43(51)45(53)47(48)55)60-42(50)37-35-33-31-29-27-25-22-18-16-14-12-10-8-6-4-2/h25,27,40,43-48,51-55H,3-24,26,28-39H2,1-2H3,(H,56,57)/b27-25+/t40-,43?,44-,45?,46?,47?,48?/m0/s1. The number of phosphoric acid groups is 1. The predicted molar refractivity (Wildman–Crippen MR) is 244 cm³/mol. The third-order valence-corrected chi connectivity index (χ3v) is 12.8. The molecule has 1 aliphatic carbocycles. The maximum Gasteiger partial charge on any atom is 0.472 e. The van der Waals surface area contributed by atoms with E-state index < -0.39 is 75.7 Å². The van der Waals surface area contributed by atoms with Crippen molar-refractivity contribution in [1.82, 2.24) is 0 Å². The fourth-order valence-electron chi connectivity index (χ4n) is 7.81. The van der Waals surface area contributed by atoms with Gasteiger partial charge in [-0.25, -0.2) is 4.57 Å². The van der Waals surface area contributed by atoms with Crippen molar-refractivity contribution in [2.75, 3.05) is 13.2 Å². The van der Waals surface area contributed by atoms with Gasteiger partial charge in [0, 0.05) is 12.8 Å². The number of rotatable bonds is 42. The van der Waals surface area contributed by atoms with Gasteiger partial charge in [-0.3, -0.25) is 18.6 Å². The number of ether oxygens (including phenoxy) is 2. The fraction of sp³-hybridized carbons (Fsp3) is 0.917. The molecule has 0 aromatic rings. The molecule has 0 heterocycles. The second-order valence-corrected chi connectivity index (χ2v) is 19.1. The quantitative estimate of drug-likeness (QED) is 0.0146. The summed E-state index contributed by atoms with van der Waals surface area (Å²) in [6.07, 6.45) is 28.4. The van der Waals surface area contributed by atoms with Crippen LogP contribution in [-0.2, 0) is 32.7 Å². The number of carbonyl (C=O) groups excluding carboxylic acids is 2. The Morgan fingerprint density at radius 3 is 1.24 bits per heavy atom. The van der Waals surface area contributed by atoms with Crippen molar-refractivity contribution in [3.63, 3.8) is 0 Å². The van der Waals surface area contributed by atoms with Crippen LogP contribution in [0.15, 0.2) is 12.2 Å². The molecule has 8 atom stereocenters. The van der Waals surface area contributed by atoms with Crippen LogP contribution in [0.25, 0.3) is 0 Å². The highest BCUT2D eigenvalue weighted by Gasteiger charge is 2.51. The van der Waals surface area contributed by atoms with Crippen molar-refractivity contribution < 1.29 is 63.1 Å². The molecule has 0 amide bonds. The molecule has 62 heavy (non-hydrogen) atoms. The summed E-state index contributed by atoms with van der Waals surface area (Å²) in [5.41, 5.74) is 0. The van der Waals surface area contributed by atoms with Crippen molar-refractivity contribution in [1.29, 1.82) is 0 Å². The van der Waals surface area contributed by atoms with Crippen LogP contribution >= 0.6 is 7.82 Å². The van der Waals surface area contributed by atoms with E-state index in [0.717, 1.165) is 44.9 Å². The molecule has 0 radical (unpaired) electrons. The average molecular weight is 907 g/mol. The normalized spacial score (nSPS) is 21.9. The minimum atomic E-state index is -5.12. The van der Waals surface area contributed by atoms with Gasteiger partial charge >= 0.3 is 19.8 Å². The third kappa shape index (κ3) is 30.7. The molecule has 13 nitrogen and oxygen atoms in total. The van der Waals surface area contributed by atoms with Gasteiger partial charge in [0.2, 0.25) is 0 Å². The number of phosphoric ester groups is 1. The number of esters is 2. The smallest absolute Gasteiger partial charge is 0.462 e. The summed E-state index contributed by atoms with van der Waals surface area (Å²) < 4.78 is 33.6. The van der Waals surface area contributed by atoms with Crippen molar-refractivity contribution in [2.45, 2.75) is 268 Å². The molecule has 0 spiro atoms. The summed E-state index contributed by atoms with van der Waals surface area (Å²) in [5.74, 6) is -1.10. The summed E-state index contributed by atoms with van der Waals surface area (Å²) in [6, 6.07) is 0. The highest BCUT2D eigenvalue weighted by Crippen LogP contribution is 2.47. The van der Waals surface area contributed by atoms with Crippen molar-refractivity contribution in [3.05, 3.63) is 12.2 Å². The molecule has 1 fully saturated rings. The first kappa shape index (κ1) is 58.6. The third-order valence-electron chi connectivity index (χ3n) is 11.9. The van der Waals surface area contributed by atoms with E-state index in [0.29, 0.717) is 12.8 Å². The van der Waals surface area contributed by atoms with E-state index in [9.17, 15) is 44.6 Å². The minimum Gasteiger partial charge on any atom is -0.462 e. The zero-order valence-electron chi connectivity index (χ0n) is 38.9. The highest BCUT2D eigenvalue weighted by atomic mass is 31.2. The number of aliphatic hydroxyl groups excluding tert-OH is 5. The van der Waals surface area contributed by atoms with Crippen LogP contribution in [0, 0.1) is 0 Å². The Morgan fingerprint density at radius 1 is 0.484 bits per heavy atom. The second-order valence-electron chi connectivity index (χ2n) is 17.7. The number of hydrogen-bond donors (Lipinski definition) is 6. The van der Waals surface area contributed by atoms with Crippen LogP contribution in [0.2, 0.25) is 0 Å². The molecule has 1 rings (SSSR count). The topological polar surface area (TPSA) is 210 Å². The highest BCUT2D eigenvalue weighted by molar-refractivity contribution is 7.47. The Hall–Kier alpha value is -1.41. The molecule has 0 aliphatic heterocycles. The van der Waals surface area contributed by atoms with Gasteiger partial charge < -0.3 is 39.9 Å². The summed E-state index contributed by atoms with van der Waals surface area (Å²) in [4.78, 5) is 35.8. The Labute approximate surface area is 375 Å². The Balaban J connectivity index is 2.41. The van der Waals surface area contributed by atoms with E-state index in [2.05, 4.69) is 26.0 Å². The van der Waals surface area contributed by atoms with E-state index >= 15 is 0 Å². The molecule has 1 aliphatic rings. The zero-order chi connectivity index (χ0) is 45.7. The molecular formula is C48H91O13P. The van der Waals surface area contributed by atoms with Gasteiger partial charge in [-0.15, -0.1) is 0 Å². The molecule has 0 aromatic carbocycles. The van der Waals surface area contributed by atoms with Gasteiger partial charge in [-0.2, -0.15) is 0 Å². The summed E-state index contributed by atoms with van der Waals surface area (Å²) >= 11 is 0. The molecular weight excluding hydrogens is 815 g/mol. The van der Waals surface area contributed by atoms with Crippen molar-refractivity contribution in [3.8, 4) is 0 Å². The SMILES string of the molecule is CCCCCCCCCC/C=C/CCCCCC(=O)O[C@@H](COC(=O)CCCCCCCCCCCCCCCCCCCC)COP(=O)(O)OC1C(O)C(O)C(O)[C@H](O)C1O. The molecule has 0 saturated heterocycles. The molecule has 0 aromatic heterocycles. The van der Waals surface area contributed by atoms with Gasteiger partial charge in [-0.1, -0.05) is 187 Å². The van der Waals surface area contributed by atoms with Crippen molar-refractivity contribution >= 4 is 19.8 Å². The monoisotopic (exact) mass is 907 g/mol. The van der Waals surface area contributed by atoms with Crippen LogP contribution in [0.3, 0.4) is 0 Å². The second kappa shape index (κ2) is 38.8. The van der Waals surface area contributed by atoms with Crippen LogP contribution < -0.4 is 0 Å². The number of aliphatic hydroxyl groups is 5. The average Bonchev–Trinajstić information content (AvgIpc) is 3.25. The number of hydrogen-bond acceptors (Lipinski definition) is 12. The molecule has 1 saturated carbocycles. The number of carbonyl (C=O) groups is 2. The van der Waals surface area contributed by atoms with E-state index in [1.807, 2.05) is 0 Å². The lowest BCUT2D eigenvalue weighted by Gasteiger charge is -2.41. The van der Waals surface area contributed by atoms with Crippen molar-refractivity contribution in [2.24, 2.45) is 0 Å². The largest absolute Gasteiger partial charge is 0.472 e. The molecule has 6 N–H and O–H groups in total. The van der Waals surface area contributed by atoms with Gasteiger partial charge in [0.25, 0.3) is 0 Å². The van der Waals surface area contributed by atoms with Crippen LogP contribution in [-0.4, -0.2) is 98.3 Å². The minimum absolute atomic E-state index is 0.0809. The first-order valence-electron chi connectivity index (χ1n) is 25.0. The van der Waals surface area contributed by atoms with Gasteiger partial charge in [0.1, 0.15) is 43.2 Å². The lowest BCUT2D eigenvalue weighted by molar-refractivity contribution is -0.220. The first-order chi connectivity index (χ1) is 29.9. The van der Waals surface area contributed by atoms with Crippen LogP contribution in [0.1, 0.15) is 226 Å². The Kier molecular flexibility index (Phi) is 36.7. The maximum atomic E-state index is 12.8. The van der Waals surface area contributed by atoms with E-state index in [-0.39, 0.29) is 12.8 Å². The maximum absolute atomic E-state index is 12.8. The summed E-state index contributed by atoms with van der Waals surface area (Å²) in [6.45, 7) is 3.32. The summed E-state index contributed by atoms with van der Waals surface area (Å²) in [7, 11) is -5.12. The van der Waals surface area contributed by atoms with Gasteiger partial charge in [0.15, 0.2) is 6.10 Å². The molecule has 14 heteroatoms. The zero-order valence-corrected chi connectivity index (χ0v) is 39.8. The van der Waals surface area contributed by atoms with Crippen LogP contribution in [0.5, 0.6) is 0 Å². The molecule has 6 unspecified atom stereocenters. The summed E-state index contributed by atoms with van der Waals surface area (Å²) in [5, 5.41) is 50.2. The lowest BCUT2D eigenvalue weighted by Crippen LogP contribution is -2.64. The Bertz CT molecular complexity index is 1140. The van der Waals surface area contributed by atoms with E-state index in [4.69, 9.17) is 18.5 Å². The predicted octanol–water partition coefficient (Wildman–Crippen LogP) is 10.2. The molecule has 0 bridgehead atoms. The molecule has 366 valence electrons. The first-order valence-corrected chi connectivity index (χ1v) is 26.5. The number of allylic oxidation sites excluding steroid dienone is 2. The van der Waals surface area contributed by atoms with E-state index in [1.54, 1.807) is 0 Å². The fourth-order valence-corrected chi connectivity index (χ4v) is 8.79. The van der Waals surface area contributed by atoms with Gasteiger partial charge in [0.05, 0.1) is 6.61 Å².